The topological polar surface area (TPSA) is 28.2 Å². The van der Waals surface area contributed by atoms with Crippen molar-refractivity contribution in [3.8, 4) is 0 Å². The van der Waals surface area contributed by atoms with Gasteiger partial charge in [0.15, 0.2) is 0 Å². The molecule has 4 heteroatoms. The summed E-state index contributed by atoms with van der Waals surface area (Å²) in [4.78, 5) is 7.03. The fraction of sp³-hybridized carbons (Fsp3) is 0.643. The first-order valence-electron chi connectivity index (χ1n) is 6.86. The van der Waals surface area contributed by atoms with Gasteiger partial charge in [-0.1, -0.05) is 26.8 Å². The Hall–Kier alpha value is -0.740. The Morgan fingerprint density at radius 1 is 1.22 bits per heavy atom. The molecule has 0 aliphatic heterocycles. The Balaban J connectivity index is 2.37. The Morgan fingerprint density at radius 2 is 2.00 bits per heavy atom. The van der Waals surface area contributed by atoms with Gasteiger partial charge in [-0.05, 0) is 31.6 Å². The lowest BCUT2D eigenvalue weighted by Crippen LogP contribution is -2.25. The van der Waals surface area contributed by atoms with Crippen LogP contribution in [0, 0.1) is 0 Å². The van der Waals surface area contributed by atoms with Crippen LogP contribution >= 0.6 is 11.8 Å². The fourth-order valence-corrected chi connectivity index (χ4v) is 2.56. The highest BCUT2D eigenvalue weighted by Gasteiger charge is 2.01. The molecule has 1 aromatic rings. The van der Waals surface area contributed by atoms with Gasteiger partial charge in [0.1, 0.15) is 5.82 Å². The summed E-state index contributed by atoms with van der Waals surface area (Å²) in [6.45, 7) is 11.0. The number of pyridine rings is 1. The van der Waals surface area contributed by atoms with Crippen molar-refractivity contribution in [2.45, 2.75) is 32.2 Å². The van der Waals surface area contributed by atoms with Gasteiger partial charge >= 0.3 is 0 Å². The molecule has 1 heterocycles. The molecule has 1 aromatic heterocycles. The highest BCUT2D eigenvalue weighted by Crippen LogP contribution is 2.17. The number of hydrogen-bond acceptors (Lipinski definition) is 4. The molecule has 0 bridgehead atoms. The minimum absolute atomic E-state index is 0.987. The van der Waals surface area contributed by atoms with E-state index < -0.39 is 0 Å². The van der Waals surface area contributed by atoms with Gasteiger partial charge in [0.25, 0.3) is 0 Å². The lowest BCUT2D eigenvalue weighted by atomic mass is 10.4. The van der Waals surface area contributed by atoms with Gasteiger partial charge in [-0.15, -0.1) is 11.8 Å². The van der Waals surface area contributed by atoms with Crippen molar-refractivity contribution in [2.24, 2.45) is 0 Å². The average molecular weight is 267 g/mol. The highest BCUT2D eigenvalue weighted by molar-refractivity contribution is 7.99. The molecule has 3 nitrogen and oxygen atoms in total. The molecule has 1 N–H and O–H groups in total. The van der Waals surface area contributed by atoms with E-state index in [2.05, 4.69) is 48.1 Å². The standard InChI is InChI=1S/C14H25N3S/c1-4-10-15-13-8-7-9-14(16-13)18-12-11-17(5-2)6-3/h7-9H,4-6,10-12H2,1-3H3,(H,15,16). The van der Waals surface area contributed by atoms with Crippen LogP contribution < -0.4 is 5.32 Å². The van der Waals surface area contributed by atoms with E-state index in [9.17, 15) is 0 Å². The molecule has 0 spiro atoms. The van der Waals surface area contributed by atoms with E-state index in [-0.39, 0.29) is 0 Å². The second-order valence-electron chi connectivity index (χ2n) is 4.16. The maximum absolute atomic E-state index is 4.59. The Kier molecular flexibility index (Phi) is 7.85. The predicted octanol–water partition coefficient (Wildman–Crippen LogP) is 3.34. The minimum Gasteiger partial charge on any atom is -0.370 e. The third-order valence-corrected chi connectivity index (χ3v) is 3.74. The van der Waals surface area contributed by atoms with Crippen molar-refractivity contribution < 1.29 is 0 Å². The second kappa shape index (κ2) is 9.22. The molecule has 18 heavy (non-hydrogen) atoms. The molecule has 0 amide bonds. The van der Waals surface area contributed by atoms with Crippen LogP contribution in [0.4, 0.5) is 5.82 Å². The molecule has 102 valence electrons. The van der Waals surface area contributed by atoms with Crippen LogP contribution in [0.2, 0.25) is 0 Å². The second-order valence-corrected chi connectivity index (χ2v) is 5.28. The number of aromatic nitrogens is 1. The van der Waals surface area contributed by atoms with Crippen molar-refractivity contribution in [1.29, 1.82) is 0 Å². The van der Waals surface area contributed by atoms with Crippen LogP contribution in [0.3, 0.4) is 0 Å². The zero-order chi connectivity index (χ0) is 13.2. The highest BCUT2D eigenvalue weighted by atomic mass is 32.2. The van der Waals surface area contributed by atoms with Gasteiger partial charge < -0.3 is 10.2 Å². The first-order valence-corrected chi connectivity index (χ1v) is 7.84. The third-order valence-electron chi connectivity index (χ3n) is 2.83. The number of nitrogens with one attached hydrogen (secondary N) is 1. The fourth-order valence-electron chi connectivity index (χ4n) is 1.67. The van der Waals surface area contributed by atoms with Crippen LogP contribution in [-0.2, 0) is 0 Å². The number of nitrogens with zero attached hydrogens (tertiary/aromatic N) is 2. The summed E-state index contributed by atoms with van der Waals surface area (Å²) in [6.07, 6.45) is 1.13. The predicted molar refractivity (Wildman–Crippen MR) is 81.5 cm³/mol. The van der Waals surface area contributed by atoms with Crippen molar-refractivity contribution in [1.82, 2.24) is 9.88 Å². The minimum atomic E-state index is 0.987. The molecule has 0 saturated heterocycles. The van der Waals surface area contributed by atoms with E-state index in [1.807, 2.05) is 17.8 Å². The average Bonchev–Trinajstić information content (AvgIpc) is 2.42. The SMILES string of the molecule is CCCNc1cccc(SCCN(CC)CC)n1. The monoisotopic (exact) mass is 267 g/mol. The number of hydrogen-bond donors (Lipinski definition) is 1. The van der Waals surface area contributed by atoms with Gasteiger partial charge in [-0.2, -0.15) is 0 Å². The summed E-state index contributed by atoms with van der Waals surface area (Å²) in [5, 5.41) is 4.44. The van der Waals surface area contributed by atoms with Gasteiger partial charge in [0.05, 0.1) is 5.03 Å². The molecular weight excluding hydrogens is 242 g/mol. The first kappa shape index (κ1) is 15.3. The van der Waals surface area contributed by atoms with Crippen molar-refractivity contribution in [3.63, 3.8) is 0 Å². The molecule has 1 rings (SSSR count). The first-order chi connectivity index (χ1) is 8.80. The summed E-state index contributed by atoms with van der Waals surface area (Å²) in [5.74, 6) is 2.09. The van der Waals surface area contributed by atoms with Gasteiger partial charge in [0, 0.05) is 18.8 Å². The summed E-state index contributed by atoms with van der Waals surface area (Å²) < 4.78 is 0. The summed E-state index contributed by atoms with van der Waals surface area (Å²) >= 11 is 1.83. The van der Waals surface area contributed by atoms with E-state index in [4.69, 9.17) is 0 Å². The van der Waals surface area contributed by atoms with Gasteiger partial charge in [-0.25, -0.2) is 4.98 Å². The summed E-state index contributed by atoms with van der Waals surface area (Å²) in [6, 6.07) is 6.19. The largest absolute Gasteiger partial charge is 0.370 e. The molecule has 0 atom stereocenters. The van der Waals surface area contributed by atoms with E-state index >= 15 is 0 Å². The maximum Gasteiger partial charge on any atom is 0.127 e. The normalized spacial score (nSPS) is 10.9. The molecular formula is C14H25N3S. The molecule has 0 radical (unpaired) electrons. The molecule has 0 unspecified atom stereocenters. The Morgan fingerprint density at radius 3 is 2.67 bits per heavy atom. The van der Waals surface area contributed by atoms with Crippen LogP contribution in [0.25, 0.3) is 0 Å². The zero-order valence-corrected chi connectivity index (χ0v) is 12.6. The number of anilines is 1. The lowest BCUT2D eigenvalue weighted by Gasteiger charge is -2.17. The van der Waals surface area contributed by atoms with E-state index in [1.165, 1.54) is 0 Å². The van der Waals surface area contributed by atoms with Gasteiger partial charge in [0.2, 0.25) is 0 Å². The maximum atomic E-state index is 4.59. The zero-order valence-electron chi connectivity index (χ0n) is 11.8. The van der Waals surface area contributed by atoms with Crippen molar-refractivity contribution in [3.05, 3.63) is 18.2 Å². The third kappa shape index (κ3) is 5.74. The summed E-state index contributed by atoms with van der Waals surface area (Å²) in [5.41, 5.74) is 0. The van der Waals surface area contributed by atoms with Crippen molar-refractivity contribution >= 4 is 17.6 Å². The van der Waals surface area contributed by atoms with E-state index in [1.54, 1.807) is 0 Å². The van der Waals surface area contributed by atoms with Crippen LogP contribution in [0.5, 0.6) is 0 Å². The van der Waals surface area contributed by atoms with Crippen molar-refractivity contribution in [2.75, 3.05) is 37.2 Å². The summed E-state index contributed by atoms with van der Waals surface area (Å²) in [7, 11) is 0. The molecule has 0 aromatic carbocycles. The lowest BCUT2D eigenvalue weighted by molar-refractivity contribution is 0.324. The number of thioether (sulfide) groups is 1. The smallest absolute Gasteiger partial charge is 0.127 e. The van der Waals surface area contributed by atoms with E-state index in [0.717, 1.165) is 49.2 Å². The van der Waals surface area contributed by atoms with Gasteiger partial charge in [-0.3, -0.25) is 0 Å². The Labute approximate surface area is 115 Å². The Bertz CT molecular complexity index is 327. The van der Waals surface area contributed by atoms with E-state index in [0.29, 0.717) is 0 Å². The molecule has 0 aliphatic carbocycles. The van der Waals surface area contributed by atoms with Crippen LogP contribution in [-0.4, -0.2) is 41.8 Å². The molecule has 0 fully saturated rings. The van der Waals surface area contributed by atoms with Crippen LogP contribution in [0.15, 0.2) is 23.2 Å². The molecule has 0 aliphatic rings. The van der Waals surface area contributed by atoms with Crippen LogP contribution in [0.1, 0.15) is 27.2 Å². The number of rotatable bonds is 9. The molecule has 0 saturated carbocycles. The quantitative estimate of drug-likeness (QED) is 0.695.